The molecule has 1 aliphatic rings. The molecule has 2 rings (SSSR count). The molecule has 0 saturated carbocycles. The van der Waals surface area contributed by atoms with Gasteiger partial charge in [0.1, 0.15) is 6.10 Å². The van der Waals surface area contributed by atoms with Gasteiger partial charge in [-0.2, -0.15) is 0 Å². The van der Waals surface area contributed by atoms with E-state index in [1.54, 1.807) is 25.3 Å². The topological polar surface area (TPSA) is 38.8 Å². The third-order valence-electron chi connectivity index (χ3n) is 2.99. The number of methoxy groups -OCH3 is 1. The molecular formula is C13H17NO3. The van der Waals surface area contributed by atoms with Gasteiger partial charge in [-0.3, -0.25) is 4.79 Å². The minimum Gasteiger partial charge on any atom is -0.493 e. The van der Waals surface area contributed by atoms with E-state index in [9.17, 15) is 4.79 Å². The number of nitrogens with zero attached hydrogens (tertiary/aromatic N) is 1. The second kappa shape index (κ2) is 5.19. The molecule has 1 unspecified atom stereocenters. The van der Waals surface area contributed by atoms with Crippen LogP contribution >= 0.6 is 0 Å². The van der Waals surface area contributed by atoms with E-state index in [4.69, 9.17) is 9.47 Å². The van der Waals surface area contributed by atoms with Crippen LogP contribution in [-0.4, -0.2) is 44.5 Å². The van der Waals surface area contributed by atoms with E-state index in [0.717, 1.165) is 25.8 Å². The normalized spacial score (nSPS) is 20.2. The van der Waals surface area contributed by atoms with Gasteiger partial charge >= 0.3 is 0 Å². The van der Waals surface area contributed by atoms with Crippen LogP contribution in [0.3, 0.4) is 0 Å². The van der Waals surface area contributed by atoms with Crippen LogP contribution in [0.5, 0.6) is 11.5 Å². The zero-order chi connectivity index (χ0) is 12.3. The lowest BCUT2D eigenvalue weighted by Gasteiger charge is -2.17. The average molecular weight is 235 g/mol. The van der Waals surface area contributed by atoms with Crippen molar-refractivity contribution in [1.29, 1.82) is 0 Å². The summed E-state index contributed by atoms with van der Waals surface area (Å²) in [6.45, 7) is 1.91. The Balaban J connectivity index is 2.21. The fourth-order valence-electron chi connectivity index (χ4n) is 2.07. The average Bonchev–Trinajstić information content (AvgIpc) is 2.75. The summed E-state index contributed by atoms with van der Waals surface area (Å²) in [4.78, 5) is 13.2. The summed E-state index contributed by atoms with van der Waals surface area (Å²) in [6, 6.07) is 5.33. The van der Waals surface area contributed by atoms with Crippen molar-refractivity contribution in [3.8, 4) is 11.5 Å². The van der Waals surface area contributed by atoms with E-state index in [2.05, 4.69) is 11.9 Å². The molecule has 1 aromatic rings. The Morgan fingerprint density at radius 3 is 2.88 bits per heavy atom. The number of carbonyl (C=O) groups is 1. The standard InChI is InChI=1S/C13H17NO3/c1-14-7-6-11(8-14)17-13-10(9-15)4-3-5-12(13)16-2/h3-5,9,11H,6-8H2,1-2H3. The Morgan fingerprint density at radius 2 is 2.29 bits per heavy atom. The van der Waals surface area contributed by atoms with Crippen molar-refractivity contribution in [3.63, 3.8) is 0 Å². The Hall–Kier alpha value is -1.55. The van der Waals surface area contributed by atoms with Crippen LogP contribution in [0.4, 0.5) is 0 Å². The van der Waals surface area contributed by atoms with E-state index < -0.39 is 0 Å². The zero-order valence-electron chi connectivity index (χ0n) is 10.2. The maximum absolute atomic E-state index is 11.0. The summed E-state index contributed by atoms with van der Waals surface area (Å²) < 4.78 is 11.1. The minimum atomic E-state index is 0.134. The predicted octanol–water partition coefficient (Wildman–Crippen LogP) is 1.59. The second-order valence-corrected chi connectivity index (χ2v) is 4.29. The predicted molar refractivity (Wildman–Crippen MR) is 64.9 cm³/mol. The molecule has 0 spiro atoms. The highest BCUT2D eigenvalue weighted by atomic mass is 16.5. The first kappa shape index (κ1) is 11.9. The molecule has 1 heterocycles. The van der Waals surface area contributed by atoms with Crippen LogP contribution in [0.15, 0.2) is 18.2 Å². The number of aldehydes is 1. The highest BCUT2D eigenvalue weighted by Crippen LogP contribution is 2.32. The first-order valence-electron chi connectivity index (χ1n) is 5.72. The van der Waals surface area contributed by atoms with Crippen LogP contribution in [0.25, 0.3) is 0 Å². The first-order valence-corrected chi connectivity index (χ1v) is 5.72. The van der Waals surface area contributed by atoms with Gasteiger partial charge in [-0.15, -0.1) is 0 Å². The number of ether oxygens (including phenoxy) is 2. The van der Waals surface area contributed by atoms with Crippen LogP contribution in [0.1, 0.15) is 16.8 Å². The molecule has 0 radical (unpaired) electrons. The number of hydrogen-bond acceptors (Lipinski definition) is 4. The SMILES string of the molecule is COc1cccc(C=O)c1OC1CCN(C)C1. The van der Waals surface area contributed by atoms with Crippen LogP contribution in [0.2, 0.25) is 0 Å². The molecule has 17 heavy (non-hydrogen) atoms. The Bertz CT molecular complexity index is 406. The quantitative estimate of drug-likeness (QED) is 0.743. The molecular weight excluding hydrogens is 218 g/mol. The molecule has 0 aliphatic carbocycles. The molecule has 1 atom stereocenters. The summed E-state index contributed by atoms with van der Waals surface area (Å²) >= 11 is 0. The summed E-state index contributed by atoms with van der Waals surface area (Å²) in [5.41, 5.74) is 0.541. The van der Waals surface area contributed by atoms with E-state index in [-0.39, 0.29) is 6.10 Å². The van der Waals surface area contributed by atoms with Crippen molar-refractivity contribution in [3.05, 3.63) is 23.8 Å². The largest absolute Gasteiger partial charge is 0.493 e. The van der Waals surface area contributed by atoms with E-state index in [1.165, 1.54) is 0 Å². The molecule has 92 valence electrons. The summed E-state index contributed by atoms with van der Waals surface area (Å²) in [6.07, 6.45) is 1.92. The Kier molecular flexibility index (Phi) is 3.64. The van der Waals surface area contributed by atoms with Gasteiger partial charge in [0.05, 0.1) is 12.7 Å². The number of likely N-dealkylation sites (tertiary alicyclic amines) is 1. The summed E-state index contributed by atoms with van der Waals surface area (Å²) in [5, 5.41) is 0. The number of rotatable bonds is 4. The van der Waals surface area contributed by atoms with Crippen molar-refractivity contribution < 1.29 is 14.3 Å². The van der Waals surface area contributed by atoms with Crippen molar-refractivity contribution in [2.24, 2.45) is 0 Å². The van der Waals surface area contributed by atoms with Gasteiger partial charge < -0.3 is 14.4 Å². The third-order valence-corrected chi connectivity index (χ3v) is 2.99. The molecule has 0 amide bonds. The Morgan fingerprint density at radius 1 is 1.47 bits per heavy atom. The number of carbonyl (C=O) groups excluding carboxylic acids is 1. The summed E-state index contributed by atoms with van der Waals surface area (Å²) in [7, 11) is 3.64. The minimum absolute atomic E-state index is 0.134. The lowest BCUT2D eigenvalue weighted by Crippen LogP contribution is -2.22. The van der Waals surface area contributed by atoms with Gasteiger partial charge in [0.2, 0.25) is 0 Å². The number of para-hydroxylation sites is 1. The van der Waals surface area contributed by atoms with Crippen molar-refractivity contribution in [2.75, 3.05) is 27.2 Å². The Labute approximate surface area is 101 Å². The van der Waals surface area contributed by atoms with Gasteiger partial charge in [-0.05, 0) is 25.6 Å². The van der Waals surface area contributed by atoms with Crippen molar-refractivity contribution in [2.45, 2.75) is 12.5 Å². The molecule has 1 saturated heterocycles. The number of likely N-dealkylation sites (N-methyl/N-ethyl adjacent to an activating group) is 1. The molecule has 1 fully saturated rings. The fourth-order valence-corrected chi connectivity index (χ4v) is 2.07. The lowest BCUT2D eigenvalue weighted by molar-refractivity contribution is 0.111. The van der Waals surface area contributed by atoms with Crippen molar-refractivity contribution in [1.82, 2.24) is 4.90 Å². The molecule has 0 bridgehead atoms. The molecule has 1 aliphatic heterocycles. The van der Waals surface area contributed by atoms with E-state index in [0.29, 0.717) is 17.1 Å². The maximum atomic E-state index is 11.0. The number of hydrogen-bond donors (Lipinski definition) is 0. The smallest absolute Gasteiger partial charge is 0.172 e. The van der Waals surface area contributed by atoms with Crippen molar-refractivity contribution >= 4 is 6.29 Å². The van der Waals surface area contributed by atoms with Gasteiger partial charge in [0.25, 0.3) is 0 Å². The molecule has 0 aromatic heterocycles. The van der Waals surface area contributed by atoms with Crippen LogP contribution < -0.4 is 9.47 Å². The molecule has 4 nitrogen and oxygen atoms in total. The van der Waals surface area contributed by atoms with Crippen LogP contribution in [-0.2, 0) is 0 Å². The van der Waals surface area contributed by atoms with E-state index in [1.807, 2.05) is 0 Å². The van der Waals surface area contributed by atoms with Gasteiger partial charge in [0, 0.05) is 13.1 Å². The summed E-state index contributed by atoms with van der Waals surface area (Å²) in [5.74, 6) is 1.18. The monoisotopic (exact) mass is 235 g/mol. The third kappa shape index (κ3) is 2.58. The van der Waals surface area contributed by atoms with Gasteiger partial charge in [-0.25, -0.2) is 0 Å². The van der Waals surface area contributed by atoms with Gasteiger partial charge in [-0.1, -0.05) is 6.07 Å². The highest BCUT2D eigenvalue weighted by molar-refractivity contribution is 5.81. The highest BCUT2D eigenvalue weighted by Gasteiger charge is 2.23. The first-order chi connectivity index (χ1) is 8.24. The molecule has 1 aromatic carbocycles. The van der Waals surface area contributed by atoms with E-state index >= 15 is 0 Å². The second-order valence-electron chi connectivity index (χ2n) is 4.29. The molecule has 4 heteroatoms. The lowest BCUT2D eigenvalue weighted by atomic mass is 10.2. The molecule has 0 N–H and O–H groups in total. The number of benzene rings is 1. The maximum Gasteiger partial charge on any atom is 0.172 e. The van der Waals surface area contributed by atoms with Gasteiger partial charge in [0.15, 0.2) is 17.8 Å². The van der Waals surface area contributed by atoms with Crippen LogP contribution in [0, 0.1) is 0 Å². The zero-order valence-corrected chi connectivity index (χ0v) is 10.2. The fraction of sp³-hybridized carbons (Fsp3) is 0.462.